The first-order chi connectivity index (χ1) is 9.65. The Labute approximate surface area is 137 Å². The van der Waals surface area contributed by atoms with E-state index in [1.54, 1.807) is 38.6 Å². The lowest BCUT2D eigenvalue weighted by Crippen LogP contribution is -2.38. The number of ether oxygens (including phenoxy) is 1. The van der Waals surface area contributed by atoms with Crippen LogP contribution >= 0.6 is 27.7 Å². The van der Waals surface area contributed by atoms with Crippen molar-refractivity contribution < 1.29 is 14.3 Å². The van der Waals surface area contributed by atoms with E-state index in [9.17, 15) is 9.59 Å². The molecule has 0 saturated heterocycles. The van der Waals surface area contributed by atoms with E-state index >= 15 is 0 Å². The molecule has 1 aliphatic heterocycles. The molecule has 0 aliphatic carbocycles. The number of hydrogen-bond donors (Lipinski definition) is 0. The normalized spacial score (nSPS) is 17.9. The second-order valence-electron chi connectivity index (χ2n) is 5.90. The molecule has 1 aliphatic rings. The molecule has 6 heteroatoms. The van der Waals surface area contributed by atoms with E-state index in [0.29, 0.717) is 5.56 Å². The van der Waals surface area contributed by atoms with Crippen LogP contribution in [0.2, 0.25) is 0 Å². The summed E-state index contributed by atoms with van der Waals surface area (Å²) in [7, 11) is 0. The smallest absolute Gasteiger partial charge is 0.417 e. The molecule has 0 aromatic heterocycles. The predicted molar refractivity (Wildman–Crippen MR) is 86.7 cm³/mol. The van der Waals surface area contributed by atoms with Crippen molar-refractivity contribution in [3.05, 3.63) is 27.7 Å². The molecule has 0 radical (unpaired) electrons. The summed E-state index contributed by atoms with van der Waals surface area (Å²) < 4.78 is 6.18. The molecule has 0 bridgehead atoms. The lowest BCUT2D eigenvalue weighted by molar-refractivity contribution is 0.0202. The average molecular weight is 372 g/mol. The van der Waals surface area contributed by atoms with Crippen molar-refractivity contribution in [1.82, 2.24) is 4.90 Å². The van der Waals surface area contributed by atoms with E-state index in [0.717, 1.165) is 14.9 Å². The summed E-state index contributed by atoms with van der Waals surface area (Å²) in [4.78, 5) is 27.0. The number of thioether (sulfide) groups is 1. The first-order valence-electron chi connectivity index (χ1n) is 6.59. The monoisotopic (exact) mass is 371 g/mol. The maximum atomic E-state index is 12.5. The molecule has 2 amide bonds. The van der Waals surface area contributed by atoms with Crippen LogP contribution in [0.4, 0.5) is 4.79 Å². The van der Waals surface area contributed by atoms with Crippen molar-refractivity contribution in [3.8, 4) is 0 Å². The summed E-state index contributed by atoms with van der Waals surface area (Å²) in [5.41, 5.74) is 0.822. The zero-order valence-electron chi connectivity index (χ0n) is 12.7. The van der Waals surface area contributed by atoms with E-state index in [4.69, 9.17) is 4.74 Å². The number of amides is 2. The van der Waals surface area contributed by atoms with Crippen molar-refractivity contribution in [2.75, 3.05) is 6.26 Å². The topological polar surface area (TPSA) is 46.6 Å². The van der Waals surface area contributed by atoms with Gasteiger partial charge in [0.05, 0.1) is 6.04 Å². The minimum Gasteiger partial charge on any atom is -0.443 e. The van der Waals surface area contributed by atoms with Crippen molar-refractivity contribution >= 4 is 39.7 Å². The van der Waals surface area contributed by atoms with Gasteiger partial charge in [-0.1, -0.05) is 15.9 Å². The molecule has 0 spiro atoms. The number of carbonyl (C=O) groups excluding carboxylic acids is 2. The number of carbonyl (C=O) groups is 2. The number of fused-ring (bicyclic) bond motifs is 1. The van der Waals surface area contributed by atoms with E-state index in [2.05, 4.69) is 15.9 Å². The number of rotatable bonds is 1. The van der Waals surface area contributed by atoms with E-state index in [-0.39, 0.29) is 11.9 Å². The fourth-order valence-electron chi connectivity index (χ4n) is 2.36. The third-order valence-corrected chi connectivity index (χ3v) is 4.41. The number of benzene rings is 1. The Morgan fingerprint density at radius 2 is 2.00 bits per heavy atom. The van der Waals surface area contributed by atoms with Gasteiger partial charge in [-0.3, -0.25) is 4.79 Å². The van der Waals surface area contributed by atoms with Crippen LogP contribution in [0.5, 0.6) is 0 Å². The Bertz CT molecular complexity index is 610. The van der Waals surface area contributed by atoms with Crippen LogP contribution in [-0.4, -0.2) is 28.8 Å². The highest BCUT2D eigenvalue weighted by atomic mass is 79.9. The van der Waals surface area contributed by atoms with Gasteiger partial charge in [0.2, 0.25) is 0 Å². The van der Waals surface area contributed by atoms with Gasteiger partial charge in [0.15, 0.2) is 0 Å². The average Bonchev–Trinajstić information content (AvgIpc) is 2.58. The molecule has 4 nitrogen and oxygen atoms in total. The van der Waals surface area contributed by atoms with Crippen molar-refractivity contribution in [3.63, 3.8) is 0 Å². The Morgan fingerprint density at radius 3 is 2.52 bits per heavy atom. The zero-order valence-corrected chi connectivity index (χ0v) is 15.1. The molecule has 1 atom stereocenters. The highest BCUT2D eigenvalue weighted by Crippen LogP contribution is 2.41. The summed E-state index contributed by atoms with van der Waals surface area (Å²) in [6, 6.07) is 3.40. The minimum absolute atomic E-state index is 0.302. The fourth-order valence-corrected chi connectivity index (χ4v) is 3.71. The molecule has 114 valence electrons. The largest absolute Gasteiger partial charge is 0.443 e. The first kappa shape index (κ1) is 16.4. The van der Waals surface area contributed by atoms with Crippen molar-refractivity contribution in [2.45, 2.75) is 44.2 Å². The second kappa shape index (κ2) is 5.65. The van der Waals surface area contributed by atoms with Gasteiger partial charge in [-0.15, -0.1) is 11.8 Å². The van der Waals surface area contributed by atoms with Gasteiger partial charge in [0, 0.05) is 20.5 Å². The molecule has 0 N–H and O–H groups in total. The summed E-state index contributed by atoms with van der Waals surface area (Å²) in [6.45, 7) is 7.20. The van der Waals surface area contributed by atoms with Gasteiger partial charge >= 0.3 is 6.09 Å². The van der Waals surface area contributed by atoms with Gasteiger partial charge in [0.25, 0.3) is 5.91 Å². The van der Waals surface area contributed by atoms with E-state index < -0.39 is 11.7 Å². The van der Waals surface area contributed by atoms with Crippen LogP contribution in [0.1, 0.15) is 49.7 Å². The Morgan fingerprint density at radius 1 is 1.38 bits per heavy atom. The van der Waals surface area contributed by atoms with Crippen LogP contribution in [-0.2, 0) is 4.74 Å². The molecule has 21 heavy (non-hydrogen) atoms. The predicted octanol–water partition coefficient (Wildman–Crippen LogP) is 4.62. The lowest BCUT2D eigenvalue weighted by atomic mass is 10.1. The van der Waals surface area contributed by atoms with Crippen LogP contribution in [0.15, 0.2) is 21.5 Å². The van der Waals surface area contributed by atoms with Gasteiger partial charge in [-0.25, -0.2) is 9.69 Å². The standard InChI is InChI=1S/C15H18BrNO3S/c1-8-12-10(6-9(16)7-11(12)21-5)13(18)17(8)14(19)20-15(2,3)4/h6-8H,1-5H3. The third-order valence-electron chi connectivity index (χ3n) is 3.17. The quantitative estimate of drug-likeness (QED) is 0.675. The lowest BCUT2D eigenvalue weighted by Gasteiger charge is -2.26. The molecule has 1 aromatic rings. The highest BCUT2D eigenvalue weighted by Gasteiger charge is 2.41. The van der Waals surface area contributed by atoms with Crippen molar-refractivity contribution in [1.29, 1.82) is 0 Å². The van der Waals surface area contributed by atoms with E-state index in [1.807, 2.05) is 19.2 Å². The molecular weight excluding hydrogens is 354 g/mol. The SMILES string of the molecule is CSc1cc(Br)cc2c1C(C)N(C(=O)OC(C)(C)C)C2=O. The Balaban J connectivity index is 2.43. The molecule has 1 aromatic carbocycles. The van der Waals surface area contributed by atoms with E-state index in [1.165, 1.54) is 4.90 Å². The van der Waals surface area contributed by atoms with Gasteiger partial charge in [-0.2, -0.15) is 0 Å². The Kier molecular flexibility index (Phi) is 4.40. The van der Waals surface area contributed by atoms with Gasteiger partial charge < -0.3 is 4.74 Å². The second-order valence-corrected chi connectivity index (χ2v) is 7.66. The van der Waals surface area contributed by atoms with Crippen LogP contribution < -0.4 is 0 Å². The summed E-state index contributed by atoms with van der Waals surface area (Å²) in [6.07, 6.45) is 1.36. The maximum Gasteiger partial charge on any atom is 0.417 e. The number of imide groups is 1. The fraction of sp³-hybridized carbons (Fsp3) is 0.467. The number of halogens is 1. The van der Waals surface area contributed by atoms with Crippen LogP contribution in [0, 0.1) is 0 Å². The van der Waals surface area contributed by atoms with Crippen molar-refractivity contribution in [2.24, 2.45) is 0 Å². The van der Waals surface area contributed by atoms with Gasteiger partial charge in [0.1, 0.15) is 5.60 Å². The highest BCUT2D eigenvalue weighted by molar-refractivity contribution is 9.10. The summed E-state index contributed by atoms with van der Waals surface area (Å²) in [5.74, 6) is -0.302. The third kappa shape index (κ3) is 3.11. The van der Waals surface area contributed by atoms with Crippen LogP contribution in [0.25, 0.3) is 0 Å². The number of hydrogen-bond acceptors (Lipinski definition) is 4. The molecule has 0 fully saturated rings. The minimum atomic E-state index is -0.630. The zero-order chi connectivity index (χ0) is 15.9. The molecule has 1 unspecified atom stereocenters. The van der Waals surface area contributed by atoms with Gasteiger partial charge in [-0.05, 0) is 46.1 Å². The summed E-state index contributed by atoms with van der Waals surface area (Å²) in [5, 5.41) is 0. The maximum absolute atomic E-state index is 12.5. The molecular formula is C15H18BrNO3S. The molecule has 0 saturated carbocycles. The Hall–Kier alpha value is -1.01. The first-order valence-corrected chi connectivity index (χ1v) is 8.61. The van der Waals surface area contributed by atoms with Crippen LogP contribution in [0.3, 0.4) is 0 Å². The summed E-state index contributed by atoms with van der Waals surface area (Å²) >= 11 is 4.97. The molecule has 2 rings (SSSR count). The molecule has 1 heterocycles. The number of nitrogens with zero attached hydrogens (tertiary/aromatic N) is 1.